The molecule has 0 spiro atoms. The van der Waals surface area contributed by atoms with Crippen molar-refractivity contribution in [2.45, 2.75) is 32.0 Å². The van der Waals surface area contributed by atoms with Gasteiger partial charge in [0.05, 0.1) is 5.69 Å². The van der Waals surface area contributed by atoms with Crippen LogP contribution >= 0.6 is 0 Å². The molecule has 0 fully saturated rings. The van der Waals surface area contributed by atoms with Gasteiger partial charge in [-0.1, -0.05) is 24.3 Å². The van der Waals surface area contributed by atoms with Crippen LogP contribution in [0.25, 0.3) is 0 Å². The predicted molar refractivity (Wildman–Crippen MR) is 110 cm³/mol. The number of aromatic nitrogens is 1. The van der Waals surface area contributed by atoms with Crippen molar-refractivity contribution in [1.29, 1.82) is 0 Å². The van der Waals surface area contributed by atoms with Crippen LogP contribution in [0.15, 0.2) is 66.9 Å². The Bertz CT molecular complexity index is 929. The molecule has 5 heteroatoms. The second kappa shape index (κ2) is 9.25. The summed E-state index contributed by atoms with van der Waals surface area (Å²) >= 11 is 0. The number of halogens is 2. The van der Waals surface area contributed by atoms with E-state index in [0.29, 0.717) is 0 Å². The molecule has 0 bridgehead atoms. The molecule has 1 aromatic heterocycles. The van der Waals surface area contributed by atoms with Crippen molar-refractivity contribution in [2.75, 3.05) is 13.1 Å². The van der Waals surface area contributed by atoms with Gasteiger partial charge in [0.1, 0.15) is 11.6 Å². The van der Waals surface area contributed by atoms with Crippen LogP contribution < -0.4 is 5.32 Å². The van der Waals surface area contributed by atoms with E-state index in [9.17, 15) is 8.78 Å². The number of hydrogen-bond donors (Lipinski definition) is 1. The number of benzene rings is 2. The lowest BCUT2D eigenvalue weighted by atomic mass is 9.90. The van der Waals surface area contributed by atoms with E-state index in [1.807, 2.05) is 36.4 Å². The van der Waals surface area contributed by atoms with E-state index in [4.69, 9.17) is 0 Å². The number of nitrogens with one attached hydrogen (secondary N) is 1. The van der Waals surface area contributed by atoms with Crippen LogP contribution in [-0.4, -0.2) is 29.0 Å². The highest BCUT2D eigenvalue weighted by molar-refractivity contribution is 5.32. The number of fused-ring (bicyclic) bond motifs is 1. The van der Waals surface area contributed by atoms with E-state index in [0.717, 1.165) is 55.8 Å². The average molecular weight is 393 g/mol. The molecule has 3 aromatic rings. The van der Waals surface area contributed by atoms with E-state index < -0.39 is 0 Å². The van der Waals surface area contributed by atoms with Crippen LogP contribution in [0.5, 0.6) is 0 Å². The highest BCUT2D eigenvalue weighted by atomic mass is 19.1. The first-order valence-corrected chi connectivity index (χ1v) is 10.0. The molecule has 2 heterocycles. The zero-order valence-corrected chi connectivity index (χ0v) is 16.3. The maximum Gasteiger partial charge on any atom is 0.123 e. The molecule has 3 nitrogen and oxygen atoms in total. The summed E-state index contributed by atoms with van der Waals surface area (Å²) in [6.45, 7) is 3.26. The van der Waals surface area contributed by atoms with Gasteiger partial charge < -0.3 is 5.32 Å². The number of pyridine rings is 1. The van der Waals surface area contributed by atoms with Gasteiger partial charge in [-0.25, -0.2) is 8.78 Å². The molecule has 0 saturated carbocycles. The first-order chi connectivity index (χ1) is 14.2. The summed E-state index contributed by atoms with van der Waals surface area (Å²) in [6.07, 6.45) is 3.41. The first-order valence-electron chi connectivity index (χ1n) is 10.0. The topological polar surface area (TPSA) is 28.2 Å². The van der Waals surface area contributed by atoms with Crippen LogP contribution in [-0.2, 0) is 25.9 Å². The second-order valence-corrected chi connectivity index (χ2v) is 7.57. The summed E-state index contributed by atoms with van der Waals surface area (Å²) in [7, 11) is 0. The van der Waals surface area contributed by atoms with Gasteiger partial charge in [-0.3, -0.25) is 9.88 Å². The van der Waals surface area contributed by atoms with Crippen LogP contribution in [0.1, 0.15) is 22.4 Å². The number of hydrogen-bond acceptors (Lipinski definition) is 3. The van der Waals surface area contributed by atoms with E-state index in [1.54, 1.807) is 12.3 Å². The van der Waals surface area contributed by atoms with Gasteiger partial charge in [0, 0.05) is 38.4 Å². The Kier molecular flexibility index (Phi) is 6.27. The van der Waals surface area contributed by atoms with Crippen molar-refractivity contribution < 1.29 is 8.78 Å². The minimum atomic E-state index is -0.222. The van der Waals surface area contributed by atoms with Gasteiger partial charge >= 0.3 is 0 Å². The largest absolute Gasteiger partial charge is 0.310 e. The summed E-state index contributed by atoms with van der Waals surface area (Å²) in [6, 6.07) is 18.0. The highest BCUT2D eigenvalue weighted by Gasteiger charge is 2.26. The normalized spacial score (nSPS) is 16.6. The molecule has 4 rings (SSSR count). The molecule has 1 aliphatic rings. The molecule has 2 aromatic carbocycles. The maximum atomic E-state index is 13.7. The quantitative estimate of drug-likeness (QED) is 0.612. The first kappa shape index (κ1) is 19.7. The smallest absolute Gasteiger partial charge is 0.123 e. The SMILES string of the molecule is Fc1ccc(CC2Cc3cc(F)ccc3CN2CCNCc2ccccn2)cc1. The summed E-state index contributed by atoms with van der Waals surface area (Å²) < 4.78 is 27.0. The number of rotatable bonds is 7. The zero-order chi connectivity index (χ0) is 20.1. The van der Waals surface area contributed by atoms with Gasteiger partial charge in [-0.2, -0.15) is 0 Å². The lowest BCUT2D eigenvalue weighted by Gasteiger charge is -2.37. The molecular weight excluding hydrogens is 368 g/mol. The van der Waals surface area contributed by atoms with Gasteiger partial charge in [-0.05, 0) is 65.9 Å². The maximum absolute atomic E-state index is 13.7. The fraction of sp³-hybridized carbons (Fsp3) is 0.292. The van der Waals surface area contributed by atoms with Gasteiger partial charge in [0.15, 0.2) is 0 Å². The molecule has 0 amide bonds. The van der Waals surface area contributed by atoms with Crippen molar-refractivity contribution in [2.24, 2.45) is 0 Å². The van der Waals surface area contributed by atoms with Crippen LogP contribution in [0, 0.1) is 11.6 Å². The van der Waals surface area contributed by atoms with E-state index in [-0.39, 0.29) is 17.7 Å². The highest BCUT2D eigenvalue weighted by Crippen LogP contribution is 2.26. The fourth-order valence-corrected chi connectivity index (χ4v) is 3.97. The summed E-state index contributed by atoms with van der Waals surface area (Å²) in [5.74, 6) is -0.407. The third-order valence-corrected chi connectivity index (χ3v) is 5.51. The fourth-order valence-electron chi connectivity index (χ4n) is 3.97. The summed E-state index contributed by atoms with van der Waals surface area (Å²) in [5, 5.41) is 3.46. The Labute approximate surface area is 170 Å². The Morgan fingerprint density at radius 2 is 1.79 bits per heavy atom. The molecule has 1 atom stereocenters. The predicted octanol–water partition coefficient (Wildman–Crippen LogP) is 4.12. The Hall–Kier alpha value is -2.63. The van der Waals surface area contributed by atoms with Crippen molar-refractivity contribution in [3.05, 3.63) is 101 Å². The lowest BCUT2D eigenvalue weighted by Crippen LogP contribution is -2.44. The van der Waals surface area contributed by atoms with Gasteiger partial charge in [-0.15, -0.1) is 0 Å². The van der Waals surface area contributed by atoms with Gasteiger partial charge in [0.2, 0.25) is 0 Å². The molecule has 0 saturated heterocycles. The molecule has 29 heavy (non-hydrogen) atoms. The van der Waals surface area contributed by atoms with Crippen molar-refractivity contribution in [3.8, 4) is 0 Å². The molecule has 0 aliphatic carbocycles. The molecule has 0 radical (unpaired) electrons. The Balaban J connectivity index is 1.42. The van der Waals surface area contributed by atoms with Crippen LogP contribution in [0.4, 0.5) is 8.78 Å². The third kappa shape index (κ3) is 5.25. The molecule has 1 unspecified atom stereocenters. The van der Waals surface area contributed by atoms with Crippen LogP contribution in [0.2, 0.25) is 0 Å². The van der Waals surface area contributed by atoms with Gasteiger partial charge in [0.25, 0.3) is 0 Å². The third-order valence-electron chi connectivity index (χ3n) is 5.51. The average Bonchev–Trinajstić information content (AvgIpc) is 2.74. The number of nitrogens with zero attached hydrogens (tertiary/aromatic N) is 2. The Morgan fingerprint density at radius 1 is 0.966 bits per heavy atom. The van der Waals surface area contributed by atoms with Crippen molar-refractivity contribution in [3.63, 3.8) is 0 Å². The minimum absolute atomic E-state index is 0.185. The van der Waals surface area contributed by atoms with E-state index >= 15 is 0 Å². The Morgan fingerprint density at radius 3 is 2.59 bits per heavy atom. The monoisotopic (exact) mass is 393 g/mol. The molecule has 1 aliphatic heterocycles. The lowest BCUT2D eigenvalue weighted by molar-refractivity contribution is 0.170. The van der Waals surface area contributed by atoms with E-state index in [1.165, 1.54) is 23.8 Å². The van der Waals surface area contributed by atoms with E-state index in [2.05, 4.69) is 15.2 Å². The second-order valence-electron chi connectivity index (χ2n) is 7.57. The summed E-state index contributed by atoms with van der Waals surface area (Å²) in [5.41, 5.74) is 4.39. The standard InChI is InChI=1S/C24H25F2N3/c25-21-7-4-18(5-8-21)13-24-15-20-14-22(26)9-6-19(20)17-29(24)12-11-27-16-23-3-1-2-10-28-23/h1-10,14,24,27H,11-13,15-17H2. The molecular formula is C24H25F2N3. The van der Waals surface area contributed by atoms with Crippen LogP contribution in [0.3, 0.4) is 0 Å². The van der Waals surface area contributed by atoms with Crippen molar-refractivity contribution >= 4 is 0 Å². The summed E-state index contributed by atoms with van der Waals surface area (Å²) in [4.78, 5) is 6.78. The zero-order valence-electron chi connectivity index (χ0n) is 16.3. The minimum Gasteiger partial charge on any atom is -0.310 e. The molecule has 150 valence electrons. The van der Waals surface area contributed by atoms with Crippen molar-refractivity contribution in [1.82, 2.24) is 15.2 Å². The molecule has 1 N–H and O–H groups in total.